The van der Waals surface area contributed by atoms with Crippen LogP contribution in [0, 0.1) is 6.92 Å². The van der Waals surface area contributed by atoms with Crippen LogP contribution in [0.2, 0.25) is 0 Å². The van der Waals surface area contributed by atoms with Crippen molar-refractivity contribution in [2.75, 3.05) is 5.32 Å². The molecule has 1 atom stereocenters. The summed E-state index contributed by atoms with van der Waals surface area (Å²) in [7, 11) is 0. The molecule has 0 aliphatic carbocycles. The van der Waals surface area contributed by atoms with Crippen LogP contribution in [0.15, 0.2) is 48.5 Å². The first-order valence-electron chi connectivity index (χ1n) is 9.48. The number of benzene rings is 2. The van der Waals surface area contributed by atoms with Crippen molar-refractivity contribution in [2.24, 2.45) is 0 Å². The molecular formula is C22H20N4OS. The summed E-state index contributed by atoms with van der Waals surface area (Å²) in [6.45, 7) is 4.15. The molecule has 0 unspecified atom stereocenters. The molecule has 0 radical (unpaired) electrons. The number of rotatable bonds is 3. The number of anilines is 1. The number of para-hydroxylation sites is 1. The van der Waals surface area contributed by atoms with E-state index < -0.39 is 0 Å². The van der Waals surface area contributed by atoms with Crippen molar-refractivity contribution in [1.82, 2.24) is 14.8 Å². The summed E-state index contributed by atoms with van der Waals surface area (Å²) < 4.78 is 2.90. The van der Waals surface area contributed by atoms with Crippen LogP contribution in [0.25, 0.3) is 15.3 Å². The molecule has 0 saturated heterocycles. The maximum Gasteiger partial charge on any atom is 0.226 e. The minimum Gasteiger partial charge on any atom is -0.310 e. The Morgan fingerprint density at radius 3 is 2.71 bits per heavy atom. The van der Waals surface area contributed by atoms with Gasteiger partial charge >= 0.3 is 0 Å². The lowest BCUT2D eigenvalue weighted by atomic mass is 9.85. The molecule has 0 spiro atoms. The molecule has 1 aliphatic heterocycles. The number of nitrogens with zero attached hydrogens (tertiary/aromatic N) is 3. The van der Waals surface area contributed by atoms with Gasteiger partial charge in [-0.2, -0.15) is 9.78 Å². The lowest BCUT2D eigenvalue weighted by molar-refractivity contribution is -0.116. The van der Waals surface area contributed by atoms with Gasteiger partial charge in [-0.1, -0.05) is 54.7 Å². The number of fused-ring (bicyclic) bond motifs is 2. The van der Waals surface area contributed by atoms with E-state index in [1.54, 1.807) is 16.0 Å². The quantitative estimate of drug-likeness (QED) is 0.547. The molecule has 5 rings (SSSR count). The maximum absolute atomic E-state index is 12.5. The second-order valence-corrected chi connectivity index (χ2v) is 8.13. The molecule has 4 aromatic rings. The molecule has 140 valence electrons. The number of nitrogens with one attached hydrogen (secondary N) is 1. The fraction of sp³-hybridized carbons (Fsp3) is 0.227. The third-order valence-electron chi connectivity index (χ3n) is 5.36. The normalized spacial score (nSPS) is 16.2. The standard InChI is InChI=1S/C22H20N4OS/c1-3-14-8-10-15(11-9-14)16-12-19(27)24-21-20(16)13(2)25-26(21)22-23-17-6-4-5-7-18(17)28-22/h4-11,16H,3,12H2,1-2H3,(H,24,27)/t16-/m1/s1. The largest absolute Gasteiger partial charge is 0.310 e. The molecule has 3 heterocycles. The van der Waals surface area contributed by atoms with Gasteiger partial charge < -0.3 is 5.32 Å². The zero-order valence-corrected chi connectivity index (χ0v) is 16.6. The van der Waals surface area contributed by atoms with Gasteiger partial charge in [0, 0.05) is 17.9 Å². The molecule has 28 heavy (non-hydrogen) atoms. The van der Waals surface area contributed by atoms with Crippen molar-refractivity contribution in [2.45, 2.75) is 32.6 Å². The molecule has 6 heteroatoms. The molecule has 0 saturated carbocycles. The molecular weight excluding hydrogens is 368 g/mol. The first-order chi connectivity index (χ1) is 13.6. The van der Waals surface area contributed by atoms with Crippen molar-refractivity contribution in [3.63, 3.8) is 0 Å². The summed E-state index contributed by atoms with van der Waals surface area (Å²) in [5.74, 6) is 0.773. The number of aromatic nitrogens is 3. The number of hydrogen-bond donors (Lipinski definition) is 1. The summed E-state index contributed by atoms with van der Waals surface area (Å²) in [5.41, 5.74) is 5.41. The van der Waals surface area contributed by atoms with E-state index in [1.807, 2.05) is 25.1 Å². The highest BCUT2D eigenvalue weighted by molar-refractivity contribution is 7.20. The van der Waals surface area contributed by atoms with Gasteiger partial charge in [0.1, 0.15) is 5.82 Å². The molecule has 1 N–H and O–H groups in total. The average Bonchev–Trinajstić information content (AvgIpc) is 3.28. The van der Waals surface area contributed by atoms with E-state index in [9.17, 15) is 4.79 Å². The van der Waals surface area contributed by atoms with Gasteiger partial charge in [-0.3, -0.25) is 4.79 Å². The number of amides is 1. The van der Waals surface area contributed by atoms with E-state index >= 15 is 0 Å². The number of thiazole rings is 1. The van der Waals surface area contributed by atoms with Crippen LogP contribution in [-0.2, 0) is 11.2 Å². The van der Waals surface area contributed by atoms with Crippen molar-refractivity contribution in [3.05, 3.63) is 70.9 Å². The van der Waals surface area contributed by atoms with Gasteiger partial charge in [0.05, 0.1) is 15.9 Å². The molecule has 2 aromatic heterocycles. The third-order valence-corrected chi connectivity index (χ3v) is 6.37. The van der Waals surface area contributed by atoms with E-state index in [2.05, 4.69) is 42.6 Å². The van der Waals surface area contributed by atoms with Gasteiger partial charge in [0.25, 0.3) is 0 Å². The Hall–Kier alpha value is -2.99. The third kappa shape index (κ3) is 2.72. The van der Waals surface area contributed by atoms with Crippen LogP contribution in [0.3, 0.4) is 0 Å². The molecule has 0 bridgehead atoms. The zero-order valence-electron chi connectivity index (χ0n) is 15.8. The molecule has 1 amide bonds. The second kappa shape index (κ2) is 6.56. The Kier molecular flexibility index (Phi) is 4.02. The summed E-state index contributed by atoms with van der Waals surface area (Å²) in [4.78, 5) is 17.2. The monoisotopic (exact) mass is 388 g/mol. The fourth-order valence-electron chi connectivity index (χ4n) is 3.91. The number of carbonyl (C=O) groups excluding carboxylic acids is 1. The molecule has 5 nitrogen and oxygen atoms in total. The topological polar surface area (TPSA) is 59.8 Å². The minimum absolute atomic E-state index is 0.0118. The molecule has 1 aliphatic rings. The first kappa shape index (κ1) is 17.1. The highest BCUT2D eigenvalue weighted by Crippen LogP contribution is 2.41. The molecule has 0 fully saturated rings. The predicted octanol–water partition coefficient (Wildman–Crippen LogP) is 4.83. The van der Waals surface area contributed by atoms with Gasteiger partial charge in [-0.25, -0.2) is 4.98 Å². The van der Waals surface area contributed by atoms with E-state index in [4.69, 9.17) is 10.1 Å². The van der Waals surface area contributed by atoms with Gasteiger partial charge in [-0.15, -0.1) is 0 Å². The zero-order chi connectivity index (χ0) is 19.3. The van der Waals surface area contributed by atoms with Crippen LogP contribution < -0.4 is 5.32 Å². The first-order valence-corrected chi connectivity index (χ1v) is 10.3. The van der Waals surface area contributed by atoms with Crippen LogP contribution in [0.5, 0.6) is 0 Å². The van der Waals surface area contributed by atoms with Crippen molar-refractivity contribution < 1.29 is 4.79 Å². The van der Waals surface area contributed by atoms with Crippen LogP contribution in [0.4, 0.5) is 5.82 Å². The van der Waals surface area contributed by atoms with Gasteiger partial charge in [-0.05, 0) is 36.6 Å². The SMILES string of the molecule is CCc1ccc([C@H]2CC(=O)Nc3c2c(C)nn3-c2nc3ccccc3s2)cc1. The highest BCUT2D eigenvalue weighted by atomic mass is 32.1. The van der Waals surface area contributed by atoms with Crippen LogP contribution in [-0.4, -0.2) is 20.7 Å². The van der Waals surface area contributed by atoms with Gasteiger partial charge in [0.2, 0.25) is 11.0 Å². The summed E-state index contributed by atoms with van der Waals surface area (Å²) >= 11 is 1.58. The van der Waals surface area contributed by atoms with Crippen molar-refractivity contribution >= 4 is 33.3 Å². The lowest BCUT2D eigenvalue weighted by Gasteiger charge is -2.24. The lowest BCUT2D eigenvalue weighted by Crippen LogP contribution is -2.24. The Labute approximate surface area is 167 Å². The van der Waals surface area contributed by atoms with E-state index in [-0.39, 0.29) is 11.8 Å². The molecule has 2 aromatic carbocycles. The summed E-state index contributed by atoms with van der Waals surface area (Å²) in [6, 6.07) is 16.6. The summed E-state index contributed by atoms with van der Waals surface area (Å²) in [6.07, 6.45) is 1.44. The highest BCUT2D eigenvalue weighted by Gasteiger charge is 2.33. The minimum atomic E-state index is 0.0118. The smallest absolute Gasteiger partial charge is 0.226 e. The Morgan fingerprint density at radius 1 is 1.18 bits per heavy atom. The summed E-state index contributed by atoms with van der Waals surface area (Å²) in [5, 5.41) is 8.57. The van der Waals surface area contributed by atoms with Gasteiger partial charge in [0.15, 0.2) is 0 Å². The van der Waals surface area contributed by atoms with Crippen LogP contribution in [0.1, 0.15) is 41.6 Å². The van der Waals surface area contributed by atoms with Crippen LogP contribution >= 0.6 is 11.3 Å². The van der Waals surface area contributed by atoms with E-state index in [1.165, 1.54) is 5.56 Å². The average molecular weight is 388 g/mol. The number of aryl methyl sites for hydroxylation is 2. The fourth-order valence-corrected chi connectivity index (χ4v) is 4.83. The Bertz CT molecular complexity index is 1160. The van der Waals surface area contributed by atoms with Crippen molar-refractivity contribution in [3.8, 4) is 5.13 Å². The Balaban J connectivity index is 1.64. The number of hydrogen-bond acceptors (Lipinski definition) is 4. The second-order valence-electron chi connectivity index (χ2n) is 7.12. The van der Waals surface area contributed by atoms with E-state index in [0.29, 0.717) is 6.42 Å². The maximum atomic E-state index is 12.5. The Morgan fingerprint density at radius 2 is 1.96 bits per heavy atom. The van der Waals surface area contributed by atoms with E-state index in [0.717, 1.165) is 44.4 Å². The number of carbonyl (C=O) groups is 1. The predicted molar refractivity (Wildman–Crippen MR) is 112 cm³/mol. The van der Waals surface area contributed by atoms with Crippen molar-refractivity contribution in [1.29, 1.82) is 0 Å².